The van der Waals surface area contributed by atoms with E-state index in [0.717, 1.165) is 11.3 Å². The first kappa shape index (κ1) is 11.9. The van der Waals surface area contributed by atoms with Gasteiger partial charge in [0.05, 0.1) is 5.71 Å². The Bertz CT molecular complexity index is 552. The molecule has 5 nitrogen and oxygen atoms in total. The zero-order valence-electron chi connectivity index (χ0n) is 9.87. The van der Waals surface area contributed by atoms with Gasteiger partial charge >= 0.3 is 0 Å². The largest absolute Gasteiger partial charge is 0.271 e. The molecule has 2 heterocycles. The van der Waals surface area contributed by atoms with Crippen LogP contribution in [0.3, 0.4) is 0 Å². The lowest BCUT2D eigenvalue weighted by atomic mass is 10.2. The monoisotopic (exact) mass is 240 g/mol. The molecule has 1 amide bonds. The van der Waals surface area contributed by atoms with Crippen molar-refractivity contribution in [1.29, 1.82) is 0 Å². The van der Waals surface area contributed by atoms with Crippen LogP contribution < -0.4 is 5.43 Å². The van der Waals surface area contributed by atoms with Crippen molar-refractivity contribution >= 4 is 11.6 Å². The summed E-state index contributed by atoms with van der Waals surface area (Å²) in [7, 11) is 0. The lowest BCUT2D eigenvalue weighted by molar-refractivity contribution is 0.0954. The number of hydrogen-bond acceptors (Lipinski definition) is 4. The molecule has 0 unspecified atom stereocenters. The van der Waals surface area contributed by atoms with Crippen molar-refractivity contribution in [3.63, 3.8) is 0 Å². The quantitative estimate of drug-likeness (QED) is 0.655. The molecule has 0 radical (unpaired) electrons. The Morgan fingerprint density at radius 3 is 2.06 bits per heavy atom. The molecule has 90 valence electrons. The molecule has 0 saturated carbocycles. The third-order valence-electron chi connectivity index (χ3n) is 2.37. The first-order valence-corrected chi connectivity index (χ1v) is 5.42. The highest BCUT2D eigenvalue weighted by Crippen LogP contribution is 1.99. The van der Waals surface area contributed by atoms with E-state index in [1.807, 2.05) is 19.1 Å². The SMILES string of the molecule is C/C(=N\NC(=O)c1ccncc1)c1ccncc1. The van der Waals surface area contributed by atoms with Crippen LogP contribution in [-0.2, 0) is 0 Å². The summed E-state index contributed by atoms with van der Waals surface area (Å²) in [5.41, 5.74) is 4.66. The average Bonchev–Trinajstić information content (AvgIpc) is 2.46. The Kier molecular flexibility index (Phi) is 3.76. The van der Waals surface area contributed by atoms with Crippen molar-refractivity contribution in [2.75, 3.05) is 0 Å². The molecule has 0 aromatic carbocycles. The molecule has 0 saturated heterocycles. The number of rotatable bonds is 3. The molecule has 0 atom stereocenters. The number of carbonyl (C=O) groups excluding carboxylic acids is 1. The summed E-state index contributed by atoms with van der Waals surface area (Å²) < 4.78 is 0. The van der Waals surface area contributed by atoms with Crippen molar-refractivity contribution in [3.8, 4) is 0 Å². The van der Waals surface area contributed by atoms with Crippen LogP contribution in [0.5, 0.6) is 0 Å². The highest BCUT2D eigenvalue weighted by atomic mass is 16.2. The van der Waals surface area contributed by atoms with Gasteiger partial charge in [-0.15, -0.1) is 0 Å². The summed E-state index contributed by atoms with van der Waals surface area (Å²) in [4.78, 5) is 19.5. The molecule has 0 fully saturated rings. The molecular formula is C13H12N4O. The van der Waals surface area contributed by atoms with Gasteiger partial charge in [0.25, 0.3) is 5.91 Å². The minimum absolute atomic E-state index is 0.259. The van der Waals surface area contributed by atoms with Gasteiger partial charge in [0, 0.05) is 35.9 Å². The van der Waals surface area contributed by atoms with E-state index >= 15 is 0 Å². The molecule has 2 aromatic rings. The summed E-state index contributed by atoms with van der Waals surface area (Å²) in [6, 6.07) is 6.92. The Morgan fingerprint density at radius 2 is 1.50 bits per heavy atom. The number of aromatic nitrogens is 2. The maximum atomic E-state index is 11.7. The topological polar surface area (TPSA) is 67.2 Å². The van der Waals surface area contributed by atoms with Crippen LogP contribution in [0.2, 0.25) is 0 Å². The molecule has 5 heteroatoms. The minimum atomic E-state index is -0.259. The number of nitrogens with zero attached hydrogens (tertiary/aromatic N) is 3. The standard InChI is InChI=1S/C13H12N4O/c1-10(11-2-6-14-7-3-11)16-17-13(18)12-4-8-15-9-5-12/h2-9H,1H3,(H,17,18)/b16-10+. The molecule has 2 aromatic heterocycles. The van der Waals surface area contributed by atoms with Crippen LogP contribution in [0.15, 0.2) is 54.2 Å². The highest BCUT2D eigenvalue weighted by molar-refractivity contribution is 6.00. The second kappa shape index (κ2) is 5.67. The van der Waals surface area contributed by atoms with E-state index in [1.165, 1.54) is 0 Å². The van der Waals surface area contributed by atoms with Gasteiger partial charge in [0.2, 0.25) is 0 Å². The van der Waals surface area contributed by atoms with Gasteiger partial charge in [0.15, 0.2) is 0 Å². The summed E-state index contributed by atoms with van der Waals surface area (Å²) in [5, 5.41) is 4.04. The first-order chi connectivity index (χ1) is 8.77. The Hall–Kier alpha value is -2.56. The van der Waals surface area contributed by atoms with E-state index in [1.54, 1.807) is 36.9 Å². The van der Waals surface area contributed by atoms with E-state index in [-0.39, 0.29) is 5.91 Å². The number of hydrazone groups is 1. The summed E-state index contributed by atoms with van der Waals surface area (Å²) >= 11 is 0. The minimum Gasteiger partial charge on any atom is -0.267 e. The number of nitrogens with one attached hydrogen (secondary N) is 1. The third-order valence-corrected chi connectivity index (χ3v) is 2.37. The van der Waals surface area contributed by atoms with E-state index in [9.17, 15) is 4.79 Å². The van der Waals surface area contributed by atoms with Gasteiger partial charge in [0.1, 0.15) is 0 Å². The predicted molar refractivity (Wildman–Crippen MR) is 68.2 cm³/mol. The van der Waals surface area contributed by atoms with Gasteiger partial charge in [-0.3, -0.25) is 14.8 Å². The molecule has 18 heavy (non-hydrogen) atoms. The fourth-order valence-corrected chi connectivity index (χ4v) is 1.36. The maximum absolute atomic E-state index is 11.7. The zero-order valence-corrected chi connectivity index (χ0v) is 9.87. The number of hydrogen-bond donors (Lipinski definition) is 1. The van der Waals surface area contributed by atoms with Crippen molar-refractivity contribution in [3.05, 3.63) is 60.2 Å². The fraction of sp³-hybridized carbons (Fsp3) is 0.0769. The highest BCUT2D eigenvalue weighted by Gasteiger charge is 2.03. The van der Waals surface area contributed by atoms with Crippen LogP contribution in [0, 0.1) is 0 Å². The Labute approximate surface area is 105 Å². The second-order valence-corrected chi connectivity index (χ2v) is 3.61. The van der Waals surface area contributed by atoms with E-state index in [2.05, 4.69) is 20.5 Å². The Morgan fingerprint density at radius 1 is 1.00 bits per heavy atom. The van der Waals surface area contributed by atoms with Crippen LogP contribution in [0.4, 0.5) is 0 Å². The fourth-order valence-electron chi connectivity index (χ4n) is 1.36. The van der Waals surface area contributed by atoms with E-state index in [4.69, 9.17) is 0 Å². The number of pyridine rings is 2. The van der Waals surface area contributed by atoms with Crippen LogP contribution in [0.25, 0.3) is 0 Å². The molecule has 0 aliphatic rings. The predicted octanol–water partition coefficient (Wildman–Crippen LogP) is 1.63. The van der Waals surface area contributed by atoms with Gasteiger partial charge in [-0.05, 0) is 31.2 Å². The Balaban J connectivity index is 2.05. The molecule has 2 rings (SSSR count). The molecular weight excluding hydrogens is 228 g/mol. The van der Waals surface area contributed by atoms with Crippen molar-refractivity contribution in [2.45, 2.75) is 6.92 Å². The van der Waals surface area contributed by atoms with Crippen molar-refractivity contribution < 1.29 is 4.79 Å². The van der Waals surface area contributed by atoms with E-state index in [0.29, 0.717) is 5.56 Å². The molecule has 0 bridgehead atoms. The van der Waals surface area contributed by atoms with Crippen LogP contribution in [-0.4, -0.2) is 21.6 Å². The van der Waals surface area contributed by atoms with Crippen LogP contribution >= 0.6 is 0 Å². The zero-order chi connectivity index (χ0) is 12.8. The van der Waals surface area contributed by atoms with E-state index < -0.39 is 0 Å². The lowest BCUT2D eigenvalue weighted by Crippen LogP contribution is -2.19. The lowest BCUT2D eigenvalue weighted by Gasteiger charge is -2.02. The van der Waals surface area contributed by atoms with Crippen molar-refractivity contribution in [1.82, 2.24) is 15.4 Å². The average molecular weight is 240 g/mol. The summed E-state index contributed by atoms with van der Waals surface area (Å²) in [6.07, 6.45) is 6.49. The smallest absolute Gasteiger partial charge is 0.267 e. The number of amides is 1. The van der Waals surface area contributed by atoms with Gasteiger partial charge in [-0.1, -0.05) is 0 Å². The second-order valence-electron chi connectivity index (χ2n) is 3.61. The molecule has 0 spiro atoms. The first-order valence-electron chi connectivity index (χ1n) is 5.42. The number of carbonyl (C=O) groups is 1. The van der Waals surface area contributed by atoms with Crippen molar-refractivity contribution in [2.24, 2.45) is 5.10 Å². The third kappa shape index (κ3) is 2.98. The summed E-state index contributed by atoms with van der Waals surface area (Å²) in [6.45, 7) is 1.82. The van der Waals surface area contributed by atoms with Gasteiger partial charge < -0.3 is 0 Å². The summed E-state index contributed by atoms with van der Waals surface area (Å²) in [5.74, 6) is -0.259. The maximum Gasteiger partial charge on any atom is 0.271 e. The molecule has 1 N–H and O–H groups in total. The molecule has 0 aliphatic carbocycles. The molecule has 0 aliphatic heterocycles. The van der Waals surface area contributed by atoms with Gasteiger partial charge in [-0.25, -0.2) is 5.43 Å². The van der Waals surface area contributed by atoms with Crippen LogP contribution in [0.1, 0.15) is 22.8 Å². The van der Waals surface area contributed by atoms with Gasteiger partial charge in [-0.2, -0.15) is 5.10 Å². The normalized spacial score (nSPS) is 11.1.